The van der Waals surface area contributed by atoms with Gasteiger partial charge in [0.15, 0.2) is 11.6 Å². The van der Waals surface area contributed by atoms with E-state index in [0.29, 0.717) is 10.0 Å². The predicted octanol–water partition coefficient (Wildman–Crippen LogP) is 2.99. The van der Waals surface area contributed by atoms with Crippen LogP contribution in [0.4, 0.5) is 14.5 Å². The number of sulfonamides is 1. The van der Waals surface area contributed by atoms with Gasteiger partial charge in [-0.2, -0.15) is 0 Å². The number of hydrogen-bond acceptors (Lipinski definition) is 3. The molecule has 0 spiro atoms. The van der Waals surface area contributed by atoms with Crippen molar-refractivity contribution in [2.24, 2.45) is 5.73 Å². The molecule has 4 nitrogen and oxygen atoms in total. The van der Waals surface area contributed by atoms with E-state index >= 15 is 0 Å². The highest BCUT2D eigenvalue weighted by atomic mass is 79.9. The van der Waals surface area contributed by atoms with Gasteiger partial charge >= 0.3 is 0 Å². The summed E-state index contributed by atoms with van der Waals surface area (Å²) < 4.78 is 53.6. The summed E-state index contributed by atoms with van der Waals surface area (Å²) in [5, 5.41) is 0. The van der Waals surface area contributed by atoms with Crippen molar-refractivity contribution < 1.29 is 17.2 Å². The van der Waals surface area contributed by atoms with Crippen molar-refractivity contribution >= 4 is 31.6 Å². The molecule has 0 aliphatic heterocycles. The van der Waals surface area contributed by atoms with Gasteiger partial charge in [-0.15, -0.1) is 0 Å². The van der Waals surface area contributed by atoms with Crippen molar-refractivity contribution in [3.05, 3.63) is 58.1 Å². The van der Waals surface area contributed by atoms with Gasteiger partial charge in [0.25, 0.3) is 10.0 Å². The Morgan fingerprint density at radius 2 is 1.90 bits per heavy atom. The zero-order chi connectivity index (χ0) is 15.6. The Kier molecular flexibility index (Phi) is 4.60. The molecule has 0 aliphatic carbocycles. The van der Waals surface area contributed by atoms with Crippen LogP contribution in [-0.4, -0.2) is 8.42 Å². The molecule has 2 aromatic carbocycles. The number of rotatable bonds is 4. The second-order valence-corrected chi connectivity index (χ2v) is 6.68. The van der Waals surface area contributed by atoms with E-state index < -0.39 is 27.3 Å². The van der Waals surface area contributed by atoms with Crippen LogP contribution in [0.5, 0.6) is 0 Å². The lowest BCUT2D eigenvalue weighted by Crippen LogP contribution is -2.15. The summed E-state index contributed by atoms with van der Waals surface area (Å²) in [6.45, 7) is 0.157. The first kappa shape index (κ1) is 15.9. The van der Waals surface area contributed by atoms with Gasteiger partial charge in [-0.1, -0.05) is 12.1 Å². The molecule has 0 bridgehead atoms. The first-order chi connectivity index (χ1) is 9.85. The van der Waals surface area contributed by atoms with Crippen molar-refractivity contribution in [2.45, 2.75) is 11.4 Å². The number of hydrogen-bond donors (Lipinski definition) is 2. The zero-order valence-corrected chi connectivity index (χ0v) is 13.0. The average Bonchev–Trinajstić information content (AvgIpc) is 2.44. The fourth-order valence-electron chi connectivity index (χ4n) is 1.66. The maximum Gasteiger partial charge on any atom is 0.263 e. The van der Waals surface area contributed by atoms with Crippen molar-refractivity contribution in [3.8, 4) is 0 Å². The number of nitrogens with two attached hydrogens (primary N) is 1. The monoisotopic (exact) mass is 376 g/mol. The van der Waals surface area contributed by atoms with Crippen LogP contribution in [0.2, 0.25) is 0 Å². The van der Waals surface area contributed by atoms with Crippen LogP contribution in [0.3, 0.4) is 0 Å². The summed E-state index contributed by atoms with van der Waals surface area (Å²) in [5.41, 5.74) is 5.61. The van der Waals surface area contributed by atoms with Gasteiger partial charge in [0.05, 0.1) is 5.69 Å². The summed E-state index contributed by atoms with van der Waals surface area (Å²) in [7, 11) is -4.07. The van der Waals surface area contributed by atoms with Crippen LogP contribution in [0.25, 0.3) is 0 Å². The Hall–Kier alpha value is -1.51. The lowest BCUT2D eigenvalue weighted by molar-refractivity contribution is 0.511. The summed E-state index contributed by atoms with van der Waals surface area (Å²) in [4.78, 5) is -0.103. The molecule has 0 aromatic heterocycles. The number of anilines is 1. The molecule has 0 amide bonds. The molecule has 0 atom stereocenters. The van der Waals surface area contributed by atoms with E-state index in [0.717, 1.165) is 12.1 Å². The fraction of sp³-hybridized carbons (Fsp3) is 0.0769. The van der Waals surface area contributed by atoms with E-state index in [9.17, 15) is 17.2 Å². The second kappa shape index (κ2) is 6.08. The van der Waals surface area contributed by atoms with Crippen LogP contribution >= 0.6 is 15.9 Å². The minimum Gasteiger partial charge on any atom is -0.326 e. The first-order valence-corrected chi connectivity index (χ1v) is 8.08. The van der Waals surface area contributed by atoms with Gasteiger partial charge in [-0.3, -0.25) is 4.72 Å². The van der Waals surface area contributed by atoms with E-state index in [-0.39, 0.29) is 11.4 Å². The highest BCUT2D eigenvalue weighted by Gasteiger charge is 2.20. The summed E-state index contributed by atoms with van der Waals surface area (Å²) in [6.07, 6.45) is 0. The Morgan fingerprint density at radius 3 is 2.57 bits per heavy atom. The normalized spacial score (nSPS) is 11.4. The highest BCUT2D eigenvalue weighted by molar-refractivity contribution is 9.10. The molecular weight excluding hydrogens is 366 g/mol. The van der Waals surface area contributed by atoms with Crippen LogP contribution in [-0.2, 0) is 16.6 Å². The molecule has 0 saturated heterocycles. The Morgan fingerprint density at radius 1 is 1.19 bits per heavy atom. The van der Waals surface area contributed by atoms with E-state index in [2.05, 4.69) is 15.9 Å². The summed E-state index contributed by atoms with van der Waals surface area (Å²) >= 11 is 3.11. The minimum absolute atomic E-state index is 0.103. The van der Waals surface area contributed by atoms with E-state index in [4.69, 9.17) is 5.73 Å². The smallest absolute Gasteiger partial charge is 0.263 e. The van der Waals surface area contributed by atoms with Crippen LogP contribution < -0.4 is 10.5 Å². The van der Waals surface area contributed by atoms with Crippen molar-refractivity contribution in [1.82, 2.24) is 0 Å². The molecule has 3 N–H and O–H groups in total. The van der Waals surface area contributed by atoms with Crippen molar-refractivity contribution in [3.63, 3.8) is 0 Å². The van der Waals surface area contributed by atoms with Crippen molar-refractivity contribution in [2.75, 3.05) is 4.72 Å². The third-order valence-electron chi connectivity index (χ3n) is 2.72. The van der Waals surface area contributed by atoms with Gasteiger partial charge in [0.2, 0.25) is 0 Å². The van der Waals surface area contributed by atoms with Gasteiger partial charge in [-0.25, -0.2) is 17.2 Å². The first-order valence-electron chi connectivity index (χ1n) is 5.80. The van der Waals surface area contributed by atoms with Crippen LogP contribution in [0.1, 0.15) is 5.56 Å². The third kappa shape index (κ3) is 3.39. The third-order valence-corrected chi connectivity index (χ3v) is 5.08. The number of halogens is 3. The standard InChI is InChI=1S/C13H11BrF2N2O2S/c14-9-5-4-8(7-17)6-12(9)21(19,20)18-11-3-1-2-10(15)13(11)16/h1-6,18H,7,17H2. The van der Waals surface area contributed by atoms with Crippen molar-refractivity contribution in [1.29, 1.82) is 0 Å². The van der Waals surface area contributed by atoms with Crippen LogP contribution in [0.15, 0.2) is 45.8 Å². The summed E-state index contributed by atoms with van der Waals surface area (Å²) in [6, 6.07) is 7.80. The molecule has 0 aliphatic rings. The lowest BCUT2D eigenvalue weighted by Gasteiger charge is -2.11. The van der Waals surface area contributed by atoms with Gasteiger partial charge < -0.3 is 5.73 Å². The van der Waals surface area contributed by atoms with Gasteiger partial charge in [0.1, 0.15) is 4.90 Å². The Labute approximate surface area is 129 Å². The second-order valence-electron chi connectivity index (χ2n) is 4.18. The van der Waals surface area contributed by atoms with Crippen LogP contribution in [0, 0.1) is 11.6 Å². The summed E-state index contributed by atoms with van der Waals surface area (Å²) in [5.74, 6) is -2.39. The quantitative estimate of drug-likeness (QED) is 0.861. The van der Waals surface area contributed by atoms with Gasteiger partial charge in [0, 0.05) is 11.0 Å². The predicted molar refractivity (Wildman–Crippen MR) is 79.2 cm³/mol. The zero-order valence-electron chi connectivity index (χ0n) is 10.6. The molecule has 112 valence electrons. The molecule has 0 saturated carbocycles. The Balaban J connectivity index is 2.46. The fourth-order valence-corrected chi connectivity index (χ4v) is 3.74. The molecule has 0 heterocycles. The Bertz CT molecular complexity index is 782. The largest absolute Gasteiger partial charge is 0.326 e. The van der Waals surface area contributed by atoms with E-state index in [1.54, 1.807) is 6.07 Å². The molecule has 2 rings (SSSR count). The topological polar surface area (TPSA) is 72.2 Å². The number of nitrogens with one attached hydrogen (secondary N) is 1. The maximum atomic E-state index is 13.6. The average molecular weight is 377 g/mol. The number of benzene rings is 2. The van der Waals surface area contributed by atoms with E-state index in [1.807, 2.05) is 4.72 Å². The molecule has 8 heteroatoms. The molecule has 0 fully saturated rings. The maximum absolute atomic E-state index is 13.6. The molecule has 21 heavy (non-hydrogen) atoms. The minimum atomic E-state index is -4.07. The highest BCUT2D eigenvalue weighted by Crippen LogP contribution is 2.26. The molecule has 0 unspecified atom stereocenters. The SMILES string of the molecule is NCc1ccc(Br)c(S(=O)(=O)Nc2cccc(F)c2F)c1. The molecular formula is C13H11BrF2N2O2S. The molecule has 0 radical (unpaired) electrons. The molecule has 2 aromatic rings. The van der Waals surface area contributed by atoms with Gasteiger partial charge in [-0.05, 0) is 45.8 Å². The van der Waals surface area contributed by atoms with E-state index in [1.165, 1.54) is 18.2 Å². The lowest BCUT2D eigenvalue weighted by atomic mass is 10.2.